The first kappa shape index (κ1) is 11.7. The molecule has 0 radical (unpaired) electrons. The highest BCUT2D eigenvalue weighted by Crippen LogP contribution is 2.15. The summed E-state index contributed by atoms with van der Waals surface area (Å²) in [5, 5.41) is 10.2. The van der Waals surface area contributed by atoms with Crippen molar-refractivity contribution in [3.8, 4) is 0 Å². The van der Waals surface area contributed by atoms with E-state index in [2.05, 4.69) is 0 Å². The molecule has 0 aromatic carbocycles. The van der Waals surface area contributed by atoms with Gasteiger partial charge in [0.05, 0.1) is 0 Å². The predicted molar refractivity (Wildman–Crippen MR) is 50.6 cm³/mol. The van der Waals surface area contributed by atoms with Gasteiger partial charge in [-0.05, 0) is 19.8 Å². The van der Waals surface area contributed by atoms with Crippen molar-refractivity contribution in [2.75, 3.05) is 6.54 Å². The van der Waals surface area contributed by atoms with Gasteiger partial charge in [0.1, 0.15) is 12.3 Å². The molecular weight excluding hydrogens is 200 g/mol. The first-order valence-corrected chi connectivity index (χ1v) is 4.65. The summed E-state index contributed by atoms with van der Waals surface area (Å²) in [6.45, 7) is 1.90. The highest BCUT2D eigenvalue weighted by atomic mass is 16.5. The summed E-state index contributed by atoms with van der Waals surface area (Å²) in [5.41, 5.74) is 5.10. The monoisotopic (exact) mass is 214 g/mol. The predicted octanol–water partition coefficient (Wildman–Crippen LogP) is -0.228. The van der Waals surface area contributed by atoms with Crippen LogP contribution in [0, 0.1) is 0 Å². The summed E-state index contributed by atoms with van der Waals surface area (Å²) in [5.74, 6) is -1.22. The third-order valence-corrected chi connectivity index (χ3v) is 2.24. The normalized spacial score (nSPS) is 22.8. The minimum Gasteiger partial charge on any atom is -0.433 e. The summed E-state index contributed by atoms with van der Waals surface area (Å²) in [4.78, 5) is 22.0. The summed E-state index contributed by atoms with van der Waals surface area (Å²) in [6.07, 6.45) is 2.31. The molecule has 1 aliphatic heterocycles. The highest BCUT2D eigenvalue weighted by Gasteiger charge is 2.30. The minimum absolute atomic E-state index is 0.158. The van der Waals surface area contributed by atoms with Gasteiger partial charge in [-0.1, -0.05) is 0 Å². The number of carbonyl (C=O) groups excluding carboxylic acids is 2. The van der Waals surface area contributed by atoms with Gasteiger partial charge in [0.25, 0.3) is 0 Å². The molecule has 1 saturated heterocycles. The Bertz CT molecular complexity index is 300. The number of rotatable bonds is 3. The lowest BCUT2D eigenvalue weighted by atomic mass is 10.2. The van der Waals surface area contributed by atoms with E-state index in [0.717, 1.165) is 17.7 Å². The number of esters is 1. The first-order chi connectivity index (χ1) is 7.02. The molecule has 3 N–H and O–H groups in total. The van der Waals surface area contributed by atoms with E-state index in [1.165, 1.54) is 6.92 Å². The maximum Gasteiger partial charge on any atom is 0.330 e. The summed E-state index contributed by atoms with van der Waals surface area (Å²) >= 11 is 0. The molecule has 0 saturated carbocycles. The molecule has 0 bridgehead atoms. The molecule has 1 aliphatic rings. The largest absolute Gasteiger partial charge is 0.433 e. The third-order valence-electron chi connectivity index (χ3n) is 2.24. The Kier molecular flexibility index (Phi) is 3.81. The molecule has 0 aromatic rings. The zero-order valence-electron chi connectivity index (χ0n) is 8.47. The maximum absolute atomic E-state index is 11.4. The zero-order valence-corrected chi connectivity index (χ0v) is 8.47. The lowest BCUT2D eigenvalue weighted by Crippen LogP contribution is -2.34. The Morgan fingerprint density at radius 2 is 2.27 bits per heavy atom. The van der Waals surface area contributed by atoms with Crippen molar-refractivity contribution in [3.63, 3.8) is 0 Å². The van der Waals surface area contributed by atoms with Crippen LogP contribution in [0.3, 0.4) is 0 Å². The van der Waals surface area contributed by atoms with Crippen LogP contribution in [0.2, 0.25) is 0 Å². The maximum atomic E-state index is 11.4. The van der Waals surface area contributed by atoms with Crippen molar-refractivity contribution in [3.05, 3.63) is 11.8 Å². The van der Waals surface area contributed by atoms with Gasteiger partial charge < -0.3 is 15.7 Å². The van der Waals surface area contributed by atoms with Crippen LogP contribution < -0.4 is 5.73 Å². The number of ether oxygens (including phenoxy) is 1. The van der Waals surface area contributed by atoms with Crippen molar-refractivity contribution in [1.82, 2.24) is 5.06 Å². The number of amides is 1. The smallest absolute Gasteiger partial charge is 0.330 e. The zero-order chi connectivity index (χ0) is 11.4. The van der Waals surface area contributed by atoms with Crippen LogP contribution in [-0.2, 0) is 14.3 Å². The van der Waals surface area contributed by atoms with E-state index in [-0.39, 0.29) is 5.57 Å². The summed E-state index contributed by atoms with van der Waals surface area (Å²) < 4.78 is 4.72. The Labute approximate surface area is 87.2 Å². The number of hydrogen-bond acceptors (Lipinski definition) is 5. The van der Waals surface area contributed by atoms with E-state index in [1.54, 1.807) is 0 Å². The van der Waals surface area contributed by atoms with E-state index in [0.29, 0.717) is 13.0 Å². The molecule has 0 aromatic heterocycles. The summed E-state index contributed by atoms with van der Waals surface area (Å²) in [6, 6.07) is -0.637. The lowest BCUT2D eigenvalue weighted by Gasteiger charge is -2.14. The number of primary amides is 1. The minimum atomic E-state index is -0.643. The highest BCUT2D eigenvalue weighted by molar-refractivity contribution is 5.91. The van der Waals surface area contributed by atoms with Crippen LogP contribution in [0.15, 0.2) is 11.8 Å². The fourth-order valence-corrected chi connectivity index (χ4v) is 1.27. The van der Waals surface area contributed by atoms with E-state index in [9.17, 15) is 14.8 Å². The fourth-order valence-electron chi connectivity index (χ4n) is 1.27. The van der Waals surface area contributed by atoms with Crippen LogP contribution in [-0.4, -0.2) is 34.7 Å². The second-order valence-electron chi connectivity index (χ2n) is 3.42. The quantitative estimate of drug-likeness (QED) is 0.384. The van der Waals surface area contributed by atoms with Gasteiger partial charge in [-0.2, -0.15) is 5.06 Å². The van der Waals surface area contributed by atoms with E-state index < -0.39 is 17.9 Å². The molecule has 1 fully saturated rings. The van der Waals surface area contributed by atoms with Crippen molar-refractivity contribution in [2.45, 2.75) is 25.8 Å². The molecular formula is C9H14N2O4. The SMILES string of the molecule is C/C(=C\OC(=O)C1CCCN1O)C(N)=O. The number of hydroxylamine groups is 2. The Morgan fingerprint density at radius 3 is 2.73 bits per heavy atom. The second kappa shape index (κ2) is 4.90. The molecule has 6 nitrogen and oxygen atoms in total. The second-order valence-corrected chi connectivity index (χ2v) is 3.42. The number of nitrogens with zero attached hydrogens (tertiary/aromatic N) is 1. The first-order valence-electron chi connectivity index (χ1n) is 4.65. The van der Waals surface area contributed by atoms with Crippen LogP contribution >= 0.6 is 0 Å². The van der Waals surface area contributed by atoms with Crippen molar-refractivity contribution in [2.24, 2.45) is 5.73 Å². The number of hydrogen-bond donors (Lipinski definition) is 2. The van der Waals surface area contributed by atoms with Crippen molar-refractivity contribution >= 4 is 11.9 Å². The molecule has 1 heterocycles. The third kappa shape index (κ3) is 3.03. The van der Waals surface area contributed by atoms with Gasteiger partial charge in [-0.25, -0.2) is 4.79 Å². The molecule has 0 spiro atoms. The molecule has 15 heavy (non-hydrogen) atoms. The summed E-state index contributed by atoms with van der Waals surface area (Å²) in [7, 11) is 0. The average Bonchev–Trinajstić information content (AvgIpc) is 2.60. The Hall–Kier alpha value is -1.40. The van der Waals surface area contributed by atoms with Crippen molar-refractivity contribution < 1.29 is 19.5 Å². The van der Waals surface area contributed by atoms with Gasteiger partial charge in [0.15, 0.2) is 0 Å². The van der Waals surface area contributed by atoms with Gasteiger partial charge in [0.2, 0.25) is 5.91 Å². The van der Waals surface area contributed by atoms with Gasteiger partial charge in [-0.15, -0.1) is 0 Å². The topological polar surface area (TPSA) is 92.9 Å². The van der Waals surface area contributed by atoms with E-state index >= 15 is 0 Å². The van der Waals surface area contributed by atoms with E-state index in [1.807, 2.05) is 0 Å². The van der Waals surface area contributed by atoms with Crippen LogP contribution in [0.1, 0.15) is 19.8 Å². The standard InChI is InChI=1S/C9H14N2O4/c1-6(8(10)12)5-15-9(13)7-3-2-4-11(7)14/h5,7,14H,2-4H2,1H3,(H2,10,12)/b6-5+. The molecule has 1 atom stereocenters. The lowest BCUT2D eigenvalue weighted by molar-refractivity contribution is -0.161. The van der Waals surface area contributed by atoms with Crippen LogP contribution in [0.4, 0.5) is 0 Å². The molecule has 0 aliphatic carbocycles. The van der Waals surface area contributed by atoms with Crippen LogP contribution in [0.25, 0.3) is 0 Å². The van der Waals surface area contributed by atoms with Gasteiger partial charge >= 0.3 is 5.97 Å². The molecule has 84 valence electrons. The number of nitrogens with two attached hydrogens (primary N) is 1. The fraction of sp³-hybridized carbons (Fsp3) is 0.556. The molecule has 6 heteroatoms. The average molecular weight is 214 g/mol. The Balaban J connectivity index is 2.49. The van der Waals surface area contributed by atoms with Gasteiger partial charge in [-0.3, -0.25) is 4.79 Å². The van der Waals surface area contributed by atoms with E-state index in [4.69, 9.17) is 10.5 Å². The van der Waals surface area contributed by atoms with Crippen LogP contribution in [0.5, 0.6) is 0 Å². The molecule has 1 rings (SSSR count). The van der Waals surface area contributed by atoms with Crippen molar-refractivity contribution in [1.29, 1.82) is 0 Å². The number of carbonyl (C=O) groups is 2. The molecule has 1 amide bonds. The van der Waals surface area contributed by atoms with Gasteiger partial charge in [0, 0.05) is 12.1 Å². The molecule has 1 unspecified atom stereocenters. The Morgan fingerprint density at radius 1 is 1.60 bits per heavy atom.